The Morgan fingerprint density at radius 3 is 2.67 bits per heavy atom. The van der Waals surface area contributed by atoms with Gasteiger partial charge in [0.05, 0.1) is 11.1 Å². The van der Waals surface area contributed by atoms with Crippen molar-refractivity contribution in [2.75, 3.05) is 12.9 Å². The number of benzene rings is 2. The Bertz CT molecular complexity index is 601. The first-order valence-electron chi connectivity index (χ1n) is 6.90. The summed E-state index contributed by atoms with van der Waals surface area (Å²) in [7, 11) is 0. The fraction of sp³-hybridized carbons (Fsp3) is 0.294. The van der Waals surface area contributed by atoms with Gasteiger partial charge in [0.2, 0.25) is 0 Å². The van der Waals surface area contributed by atoms with E-state index in [1.807, 2.05) is 48.7 Å². The highest BCUT2D eigenvalue weighted by atomic mass is 79.9. The highest BCUT2D eigenvalue weighted by molar-refractivity contribution is 9.10. The molecular weight excluding hydrogens is 348 g/mol. The van der Waals surface area contributed by atoms with Gasteiger partial charge in [0, 0.05) is 4.90 Å². The number of ether oxygens (including phenoxy) is 1. The van der Waals surface area contributed by atoms with Gasteiger partial charge in [-0.1, -0.05) is 31.2 Å². The summed E-state index contributed by atoms with van der Waals surface area (Å²) in [6.45, 7) is 2.77. The Balaban J connectivity index is 2.27. The Hall–Kier alpha value is -0.970. The van der Waals surface area contributed by atoms with Crippen LogP contribution in [-0.2, 0) is 0 Å². The van der Waals surface area contributed by atoms with Crippen molar-refractivity contribution < 1.29 is 9.84 Å². The molecule has 0 aromatic heterocycles. The third kappa shape index (κ3) is 4.02. The molecule has 0 aliphatic carbocycles. The van der Waals surface area contributed by atoms with E-state index in [1.54, 1.807) is 11.8 Å². The zero-order valence-corrected chi connectivity index (χ0v) is 14.6. The molecule has 1 unspecified atom stereocenters. The van der Waals surface area contributed by atoms with E-state index in [0.717, 1.165) is 32.7 Å². The first-order valence-corrected chi connectivity index (χ1v) is 8.92. The lowest BCUT2D eigenvalue weighted by molar-refractivity contribution is 0.217. The molecule has 112 valence electrons. The molecule has 0 amide bonds. The quantitative estimate of drug-likeness (QED) is 0.726. The predicted molar refractivity (Wildman–Crippen MR) is 92.2 cm³/mol. The van der Waals surface area contributed by atoms with Crippen LogP contribution < -0.4 is 4.74 Å². The topological polar surface area (TPSA) is 29.5 Å². The smallest absolute Gasteiger partial charge is 0.133 e. The normalized spacial score (nSPS) is 12.2. The molecule has 2 aromatic carbocycles. The van der Waals surface area contributed by atoms with Crippen molar-refractivity contribution in [2.24, 2.45) is 0 Å². The summed E-state index contributed by atoms with van der Waals surface area (Å²) >= 11 is 5.15. The van der Waals surface area contributed by atoms with Crippen molar-refractivity contribution >= 4 is 27.7 Å². The summed E-state index contributed by atoms with van der Waals surface area (Å²) in [6, 6.07) is 13.7. The Labute approximate surface area is 138 Å². The van der Waals surface area contributed by atoms with Crippen molar-refractivity contribution in [2.45, 2.75) is 24.3 Å². The van der Waals surface area contributed by atoms with Crippen LogP contribution in [0.5, 0.6) is 5.75 Å². The molecule has 0 heterocycles. The zero-order valence-electron chi connectivity index (χ0n) is 12.2. The largest absolute Gasteiger partial charge is 0.492 e. The number of halogens is 1. The van der Waals surface area contributed by atoms with Crippen LogP contribution >= 0.6 is 27.7 Å². The van der Waals surface area contributed by atoms with E-state index in [4.69, 9.17) is 4.74 Å². The lowest BCUT2D eigenvalue weighted by Gasteiger charge is -2.16. The summed E-state index contributed by atoms with van der Waals surface area (Å²) in [5.41, 5.74) is 1.78. The van der Waals surface area contributed by atoms with Crippen LogP contribution in [-0.4, -0.2) is 18.0 Å². The van der Waals surface area contributed by atoms with E-state index >= 15 is 0 Å². The molecule has 0 fully saturated rings. The second kappa shape index (κ2) is 7.87. The van der Waals surface area contributed by atoms with E-state index in [9.17, 15) is 5.11 Å². The fourth-order valence-corrected chi connectivity index (χ4v) is 3.23. The van der Waals surface area contributed by atoms with Crippen molar-refractivity contribution in [3.8, 4) is 5.75 Å². The van der Waals surface area contributed by atoms with E-state index in [2.05, 4.69) is 22.9 Å². The minimum absolute atomic E-state index is 0.634. The number of thioether (sulfide) groups is 1. The molecule has 0 aliphatic heterocycles. The molecule has 0 bridgehead atoms. The van der Waals surface area contributed by atoms with Gasteiger partial charge in [-0.25, -0.2) is 0 Å². The highest BCUT2D eigenvalue weighted by Crippen LogP contribution is 2.34. The lowest BCUT2D eigenvalue weighted by atomic mass is 10.0. The standard InChI is InChI=1S/C17H19BrO2S/c1-3-10-20-15-9-8-12(11-14(15)18)17(19)13-6-4-5-7-16(13)21-2/h4-9,11,17,19H,3,10H2,1-2H3. The molecule has 2 rings (SSSR count). The van der Waals surface area contributed by atoms with Gasteiger partial charge in [-0.2, -0.15) is 0 Å². The number of rotatable bonds is 6. The summed E-state index contributed by atoms with van der Waals surface area (Å²) in [6.07, 6.45) is 2.35. The maximum absolute atomic E-state index is 10.6. The molecule has 21 heavy (non-hydrogen) atoms. The van der Waals surface area contributed by atoms with Crippen LogP contribution in [0.4, 0.5) is 0 Å². The second-order valence-electron chi connectivity index (χ2n) is 4.68. The first-order chi connectivity index (χ1) is 10.2. The molecule has 1 atom stereocenters. The van der Waals surface area contributed by atoms with Crippen molar-refractivity contribution in [1.29, 1.82) is 0 Å². The number of aliphatic hydroxyl groups excluding tert-OH is 1. The van der Waals surface area contributed by atoms with E-state index in [-0.39, 0.29) is 0 Å². The number of hydrogen-bond donors (Lipinski definition) is 1. The highest BCUT2D eigenvalue weighted by Gasteiger charge is 2.15. The molecule has 0 radical (unpaired) electrons. The van der Waals surface area contributed by atoms with E-state index in [0.29, 0.717) is 6.61 Å². The molecule has 1 N–H and O–H groups in total. The molecular formula is C17H19BrO2S. The molecule has 0 saturated heterocycles. The SMILES string of the molecule is CCCOc1ccc(C(O)c2ccccc2SC)cc1Br. The average Bonchev–Trinajstić information content (AvgIpc) is 2.53. The Morgan fingerprint density at radius 1 is 1.24 bits per heavy atom. The molecule has 0 spiro atoms. The van der Waals surface area contributed by atoms with Gasteiger partial charge >= 0.3 is 0 Å². The monoisotopic (exact) mass is 366 g/mol. The van der Waals surface area contributed by atoms with Crippen molar-refractivity contribution in [3.05, 3.63) is 58.1 Å². The fourth-order valence-electron chi connectivity index (χ4n) is 2.09. The summed E-state index contributed by atoms with van der Waals surface area (Å²) in [5.74, 6) is 0.811. The zero-order chi connectivity index (χ0) is 15.2. The van der Waals surface area contributed by atoms with Crippen LogP contribution in [0.2, 0.25) is 0 Å². The predicted octanol–water partition coefficient (Wildman–Crippen LogP) is 5.04. The minimum atomic E-state index is -0.634. The van der Waals surface area contributed by atoms with Crippen LogP contribution in [0.25, 0.3) is 0 Å². The molecule has 4 heteroatoms. The number of aliphatic hydroxyl groups is 1. The minimum Gasteiger partial charge on any atom is -0.492 e. The van der Waals surface area contributed by atoms with Crippen LogP contribution in [0, 0.1) is 0 Å². The number of hydrogen-bond acceptors (Lipinski definition) is 3. The summed E-state index contributed by atoms with van der Waals surface area (Å²) < 4.78 is 6.51. The second-order valence-corrected chi connectivity index (χ2v) is 6.39. The third-order valence-corrected chi connectivity index (χ3v) is 4.60. The molecule has 2 aromatic rings. The third-order valence-electron chi connectivity index (χ3n) is 3.17. The van der Waals surface area contributed by atoms with E-state index < -0.39 is 6.10 Å². The van der Waals surface area contributed by atoms with Crippen LogP contribution in [0.1, 0.15) is 30.6 Å². The van der Waals surface area contributed by atoms with Gasteiger partial charge in [-0.05, 0) is 57.9 Å². The van der Waals surface area contributed by atoms with Gasteiger partial charge < -0.3 is 9.84 Å². The van der Waals surface area contributed by atoms with Crippen LogP contribution in [0.15, 0.2) is 51.8 Å². The molecule has 0 saturated carbocycles. The molecule has 0 aliphatic rings. The van der Waals surface area contributed by atoms with Gasteiger partial charge in [0.25, 0.3) is 0 Å². The first kappa shape index (κ1) is 16.4. The maximum Gasteiger partial charge on any atom is 0.133 e. The summed E-state index contributed by atoms with van der Waals surface area (Å²) in [5, 5.41) is 10.6. The lowest BCUT2D eigenvalue weighted by Crippen LogP contribution is -2.02. The van der Waals surface area contributed by atoms with Gasteiger partial charge in [-0.15, -0.1) is 11.8 Å². The Kier molecular flexibility index (Phi) is 6.15. The van der Waals surface area contributed by atoms with Crippen molar-refractivity contribution in [1.82, 2.24) is 0 Å². The molecule has 2 nitrogen and oxygen atoms in total. The van der Waals surface area contributed by atoms with Gasteiger partial charge in [0.15, 0.2) is 0 Å². The van der Waals surface area contributed by atoms with Crippen LogP contribution in [0.3, 0.4) is 0 Å². The van der Waals surface area contributed by atoms with Gasteiger partial charge in [0.1, 0.15) is 11.9 Å². The van der Waals surface area contributed by atoms with Crippen molar-refractivity contribution in [3.63, 3.8) is 0 Å². The van der Waals surface area contributed by atoms with E-state index in [1.165, 1.54) is 0 Å². The average molecular weight is 367 g/mol. The Morgan fingerprint density at radius 2 is 2.00 bits per heavy atom. The summed E-state index contributed by atoms with van der Waals surface area (Å²) in [4.78, 5) is 1.09. The maximum atomic E-state index is 10.6. The van der Waals surface area contributed by atoms with Gasteiger partial charge in [-0.3, -0.25) is 0 Å².